The first-order valence-corrected chi connectivity index (χ1v) is 10.5. The number of halogens is 2. The van der Waals surface area contributed by atoms with Gasteiger partial charge in [0, 0.05) is 37.3 Å². The van der Waals surface area contributed by atoms with Gasteiger partial charge in [-0.3, -0.25) is 4.90 Å². The SMILES string of the molecule is [C-]#[N+]c1ccc(CN2CCN(c3ccc(O)cc3Cl)[C@H](c3ccc(Cl)cc3)C2)cc1. The van der Waals surface area contributed by atoms with E-state index in [2.05, 4.69) is 26.8 Å². The topological polar surface area (TPSA) is 31.1 Å². The second-order valence-electron chi connectivity index (χ2n) is 7.41. The quantitative estimate of drug-likeness (QED) is 0.484. The summed E-state index contributed by atoms with van der Waals surface area (Å²) in [5.74, 6) is 0.160. The van der Waals surface area contributed by atoms with E-state index in [4.69, 9.17) is 29.8 Å². The summed E-state index contributed by atoms with van der Waals surface area (Å²) in [6, 6.07) is 20.9. The van der Waals surface area contributed by atoms with Crippen LogP contribution in [0.15, 0.2) is 66.7 Å². The molecule has 4 rings (SSSR count). The maximum absolute atomic E-state index is 9.75. The van der Waals surface area contributed by atoms with Crippen LogP contribution in [0.5, 0.6) is 5.75 Å². The fraction of sp³-hybridized carbons (Fsp3) is 0.208. The van der Waals surface area contributed by atoms with Gasteiger partial charge in [-0.1, -0.05) is 59.6 Å². The summed E-state index contributed by atoms with van der Waals surface area (Å²) < 4.78 is 0. The molecular weight excluding hydrogens is 417 g/mol. The summed E-state index contributed by atoms with van der Waals surface area (Å²) in [5, 5.41) is 11.0. The molecule has 0 bridgehead atoms. The van der Waals surface area contributed by atoms with Gasteiger partial charge in [0.05, 0.1) is 23.3 Å². The van der Waals surface area contributed by atoms with Crippen molar-refractivity contribution in [2.75, 3.05) is 24.5 Å². The second kappa shape index (κ2) is 8.97. The predicted octanol–water partition coefficient (Wildman–Crippen LogP) is 6.31. The normalized spacial score (nSPS) is 17.0. The Morgan fingerprint density at radius 1 is 0.967 bits per heavy atom. The van der Waals surface area contributed by atoms with Crippen molar-refractivity contribution in [3.05, 3.63) is 99.3 Å². The number of hydrogen-bond donors (Lipinski definition) is 1. The van der Waals surface area contributed by atoms with Crippen LogP contribution >= 0.6 is 23.2 Å². The Bertz CT molecular complexity index is 1060. The average Bonchev–Trinajstić information content (AvgIpc) is 2.75. The summed E-state index contributed by atoms with van der Waals surface area (Å²) in [7, 11) is 0. The van der Waals surface area contributed by atoms with Crippen LogP contribution < -0.4 is 4.90 Å². The third kappa shape index (κ3) is 4.55. The lowest BCUT2D eigenvalue weighted by Gasteiger charge is -2.43. The average molecular weight is 438 g/mol. The Morgan fingerprint density at radius 2 is 1.70 bits per heavy atom. The van der Waals surface area contributed by atoms with E-state index < -0.39 is 0 Å². The van der Waals surface area contributed by atoms with Crippen LogP contribution in [0, 0.1) is 6.57 Å². The molecule has 1 aliphatic rings. The van der Waals surface area contributed by atoms with Crippen molar-refractivity contribution < 1.29 is 5.11 Å². The lowest BCUT2D eigenvalue weighted by molar-refractivity contribution is 0.215. The maximum Gasteiger partial charge on any atom is 0.187 e. The Labute approximate surface area is 186 Å². The molecule has 0 unspecified atom stereocenters. The number of rotatable bonds is 4. The third-order valence-corrected chi connectivity index (χ3v) is 5.99. The number of piperazine rings is 1. The molecule has 1 atom stereocenters. The van der Waals surface area contributed by atoms with Crippen molar-refractivity contribution >= 4 is 34.6 Å². The molecule has 1 saturated heterocycles. The molecule has 152 valence electrons. The molecule has 3 aromatic rings. The maximum atomic E-state index is 9.75. The zero-order chi connectivity index (χ0) is 21.1. The molecule has 1 aliphatic heterocycles. The highest BCUT2D eigenvalue weighted by atomic mass is 35.5. The van der Waals surface area contributed by atoms with Gasteiger partial charge in [-0.15, -0.1) is 0 Å². The molecule has 0 aromatic heterocycles. The third-order valence-electron chi connectivity index (χ3n) is 5.43. The van der Waals surface area contributed by atoms with E-state index in [-0.39, 0.29) is 11.8 Å². The lowest BCUT2D eigenvalue weighted by atomic mass is 10.0. The standard InChI is InChI=1S/C24H21Cl2N3O/c1-27-20-8-2-17(3-9-20)15-28-12-13-29(23-11-10-21(30)14-22(23)26)24(16-28)18-4-6-19(25)7-5-18/h2-11,14,24,30H,12-13,15-16H2/t24-/m0/s1. The van der Waals surface area contributed by atoms with Gasteiger partial charge in [0.2, 0.25) is 0 Å². The Hall–Kier alpha value is -2.71. The van der Waals surface area contributed by atoms with Crippen LogP contribution in [-0.4, -0.2) is 29.6 Å². The number of anilines is 1. The number of phenolic OH excluding ortho intramolecular Hbond substituents is 1. The zero-order valence-corrected chi connectivity index (χ0v) is 17.8. The minimum Gasteiger partial charge on any atom is -0.508 e. The largest absolute Gasteiger partial charge is 0.508 e. The van der Waals surface area contributed by atoms with Gasteiger partial charge in [0.25, 0.3) is 0 Å². The van der Waals surface area contributed by atoms with E-state index in [9.17, 15) is 5.11 Å². The molecule has 0 radical (unpaired) electrons. The number of benzene rings is 3. The van der Waals surface area contributed by atoms with E-state index in [1.165, 1.54) is 5.56 Å². The Balaban J connectivity index is 1.60. The lowest BCUT2D eigenvalue weighted by Crippen LogP contribution is -2.48. The van der Waals surface area contributed by atoms with Crippen molar-refractivity contribution in [3.8, 4) is 5.75 Å². The molecule has 1 fully saturated rings. The highest BCUT2D eigenvalue weighted by Gasteiger charge is 2.29. The molecule has 1 N–H and O–H groups in total. The first-order chi connectivity index (χ1) is 14.5. The van der Waals surface area contributed by atoms with Crippen LogP contribution in [0.2, 0.25) is 10.0 Å². The fourth-order valence-electron chi connectivity index (χ4n) is 3.90. The smallest absolute Gasteiger partial charge is 0.187 e. The number of phenols is 1. The van der Waals surface area contributed by atoms with Crippen LogP contribution in [0.25, 0.3) is 4.85 Å². The molecule has 0 amide bonds. The summed E-state index contributed by atoms with van der Waals surface area (Å²) in [6.45, 7) is 10.4. The molecular formula is C24H21Cl2N3O. The summed E-state index contributed by atoms with van der Waals surface area (Å²) in [4.78, 5) is 8.17. The minimum absolute atomic E-state index is 0.0978. The monoisotopic (exact) mass is 437 g/mol. The van der Waals surface area contributed by atoms with Crippen molar-refractivity contribution in [2.45, 2.75) is 12.6 Å². The summed E-state index contributed by atoms with van der Waals surface area (Å²) in [6.07, 6.45) is 0. The molecule has 4 nitrogen and oxygen atoms in total. The van der Waals surface area contributed by atoms with Crippen LogP contribution in [0.4, 0.5) is 11.4 Å². The first kappa shape index (κ1) is 20.6. The molecule has 6 heteroatoms. The van der Waals surface area contributed by atoms with Gasteiger partial charge >= 0.3 is 0 Å². The molecule has 30 heavy (non-hydrogen) atoms. The van der Waals surface area contributed by atoms with Crippen molar-refractivity contribution in [1.82, 2.24) is 4.90 Å². The van der Waals surface area contributed by atoms with Crippen molar-refractivity contribution in [3.63, 3.8) is 0 Å². The zero-order valence-electron chi connectivity index (χ0n) is 16.3. The van der Waals surface area contributed by atoms with Gasteiger partial charge in [0.1, 0.15) is 5.75 Å². The predicted molar refractivity (Wildman–Crippen MR) is 123 cm³/mol. The summed E-state index contributed by atoms with van der Waals surface area (Å²) >= 11 is 12.6. The molecule has 0 aliphatic carbocycles. The summed E-state index contributed by atoms with van der Waals surface area (Å²) in [5.41, 5.74) is 3.92. The number of aromatic hydroxyl groups is 1. The Kier molecular flexibility index (Phi) is 6.15. The fourth-order valence-corrected chi connectivity index (χ4v) is 4.31. The van der Waals surface area contributed by atoms with Gasteiger partial charge in [-0.05, 0) is 35.4 Å². The molecule has 1 heterocycles. The number of hydrogen-bond acceptors (Lipinski definition) is 3. The van der Waals surface area contributed by atoms with E-state index in [0.717, 1.165) is 37.4 Å². The highest BCUT2D eigenvalue weighted by molar-refractivity contribution is 6.33. The van der Waals surface area contributed by atoms with Crippen LogP contribution in [-0.2, 0) is 6.54 Å². The molecule has 0 saturated carbocycles. The van der Waals surface area contributed by atoms with Crippen LogP contribution in [0.3, 0.4) is 0 Å². The molecule has 3 aromatic carbocycles. The van der Waals surface area contributed by atoms with Crippen molar-refractivity contribution in [2.24, 2.45) is 0 Å². The van der Waals surface area contributed by atoms with Gasteiger partial charge in [0.15, 0.2) is 5.69 Å². The van der Waals surface area contributed by atoms with Gasteiger partial charge in [-0.2, -0.15) is 0 Å². The Morgan fingerprint density at radius 3 is 2.37 bits per heavy atom. The van der Waals surface area contributed by atoms with E-state index in [0.29, 0.717) is 15.7 Å². The number of nitrogens with zero attached hydrogens (tertiary/aromatic N) is 3. The van der Waals surface area contributed by atoms with Gasteiger partial charge in [-0.25, -0.2) is 4.85 Å². The highest BCUT2D eigenvalue weighted by Crippen LogP contribution is 2.37. The first-order valence-electron chi connectivity index (χ1n) is 9.73. The van der Waals surface area contributed by atoms with Crippen LogP contribution in [0.1, 0.15) is 17.2 Å². The van der Waals surface area contributed by atoms with E-state index in [1.807, 2.05) is 42.5 Å². The van der Waals surface area contributed by atoms with Gasteiger partial charge < -0.3 is 10.0 Å². The van der Waals surface area contributed by atoms with E-state index in [1.54, 1.807) is 12.1 Å². The second-order valence-corrected chi connectivity index (χ2v) is 8.25. The molecule has 0 spiro atoms. The van der Waals surface area contributed by atoms with E-state index >= 15 is 0 Å². The minimum atomic E-state index is 0.0978. The van der Waals surface area contributed by atoms with Crippen molar-refractivity contribution in [1.29, 1.82) is 0 Å².